The van der Waals surface area contributed by atoms with E-state index in [-0.39, 0.29) is 12.5 Å². The summed E-state index contributed by atoms with van der Waals surface area (Å²) in [7, 11) is -3.46. The third-order valence-electron chi connectivity index (χ3n) is 4.98. The summed E-state index contributed by atoms with van der Waals surface area (Å²) in [6, 6.07) is 5.12. The van der Waals surface area contributed by atoms with Crippen LogP contribution >= 0.6 is 0 Å². The van der Waals surface area contributed by atoms with Crippen LogP contribution in [0.2, 0.25) is 0 Å². The Morgan fingerprint density at radius 2 is 2.00 bits per heavy atom. The molecular weight excluding hydrogens is 368 g/mol. The molecule has 1 fully saturated rings. The summed E-state index contributed by atoms with van der Waals surface area (Å²) in [5.41, 5.74) is 0.529. The highest BCUT2D eigenvalue weighted by Gasteiger charge is 2.23. The molecule has 8 heteroatoms. The summed E-state index contributed by atoms with van der Waals surface area (Å²) in [5, 5.41) is 0. The first-order valence-electron chi connectivity index (χ1n) is 9.50. The smallest absolute Gasteiger partial charge is 0.232 e. The minimum atomic E-state index is -3.46. The molecule has 2 heterocycles. The third kappa shape index (κ3) is 5.06. The molecule has 3 rings (SSSR count). The van der Waals surface area contributed by atoms with E-state index in [0.29, 0.717) is 49.2 Å². The van der Waals surface area contributed by atoms with E-state index in [2.05, 4.69) is 6.92 Å². The van der Waals surface area contributed by atoms with Crippen LogP contribution < -0.4 is 13.8 Å². The fraction of sp³-hybridized carbons (Fsp3) is 0.632. The Morgan fingerprint density at radius 3 is 2.70 bits per heavy atom. The van der Waals surface area contributed by atoms with Gasteiger partial charge in [0.1, 0.15) is 13.2 Å². The second-order valence-corrected chi connectivity index (χ2v) is 9.26. The molecule has 150 valence electrons. The van der Waals surface area contributed by atoms with Crippen molar-refractivity contribution in [1.82, 2.24) is 4.90 Å². The number of sulfonamides is 1. The zero-order chi connectivity index (χ0) is 19.4. The van der Waals surface area contributed by atoms with Crippen molar-refractivity contribution in [1.29, 1.82) is 0 Å². The van der Waals surface area contributed by atoms with Crippen LogP contribution in [0.15, 0.2) is 18.2 Å². The van der Waals surface area contributed by atoms with Gasteiger partial charge in [0.15, 0.2) is 11.5 Å². The molecule has 0 unspecified atom stereocenters. The number of likely N-dealkylation sites (tertiary alicyclic amines) is 1. The fourth-order valence-corrected chi connectivity index (χ4v) is 4.58. The number of rotatable bonds is 6. The Hall–Kier alpha value is -1.96. The number of nitrogens with zero attached hydrogens (tertiary/aromatic N) is 2. The minimum absolute atomic E-state index is 0.108. The first-order valence-corrected chi connectivity index (χ1v) is 11.3. The van der Waals surface area contributed by atoms with Gasteiger partial charge in [-0.2, -0.15) is 0 Å². The van der Waals surface area contributed by atoms with Crippen LogP contribution in [0.25, 0.3) is 0 Å². The molecule has 0 bridgehead atoms. The lowest BCUT2D eigenvalue weighted by atomic mass is 10.00. The molecule has 1 atom stereocenters. The molecular formula is C19H28N2O5S. The van der Waals surface area contributed by atoms with Crippen LogP contribution in [0.3, 0.4) is 0 Å². The number of carbonyl (C=O) groups is 1. The first kappa shape index (κ1) is 19.8. The summed E-state index contributed by atoms with van der Waals surface area (Å²) < 4.78 is 36.9. The van der Waals surface area contributed by atoms with Crippen LogP contribution in [0.1, 0.15) is 32.6 Å². The molecule has 1 aromatic rings. The number of carbonyl (C=O) groups excluding carboxylic acids is 1. The van der Waals surface area contributed by atoms with Gasteiger partial charge in [0.05, 0.1) is 11.9 Å². The number of hydrogen-bond donors (Lipinski definition) is 0. The highest BCUT2D eigenvalue weighted by Crippen LogP contribution is 2.34. The van der Waals surface area contributed by atoms with Crippen molar-refractivity contribution >= 4 is 21.6 Å². The Labute approximate surface area is 161 Å². The van der Waals surface area contributed by atoms with Gasteiger partial charge in [0, 0.05) is 32.1 Å². The lowest BCUT2D eigenvalue weighted by molar-refractivity contribution is -0.132. The van der Waals surface area contributed by atoms with Crippen molar-refractivity contribution in [3.8, 4) is 11.5 Å². The molecule has 2 aliphatic rings. The van der Waals surface area contributed by atoms with Gasteiger partial charge in [0.2, 0.25) is 15.9 Å². The maximum atomic E-state index is 12.4. The van der Waals surface area contributed by atoms with Gasteiger partial charge < -0.3 is 14.4 Å². The molecule has 0 radical (unpaired) electrons. The Kier molecular flexibility index (Phi) is 6.14. The van der Waals surface area contributed by atoms with Crippen LogP contribution in [0.4, 0.5) is 5.69 Å². The first-order chi connectivity index (χ1) is 12.8. The number of ether oxygens (including phenoxy) is 2. The second-order valence-electron chi connectivity index (χ2n) is 7.35. The van der Waals surface area contributed by atoms with Crippen LogP contribution in [0.5, 0.6) is 11.5 Å². The predicted molar refractivity (Wildman–Crippen MR) is 104 cm³/mol. The SMILES string of the molecule is C[C@H]1CCCN(C(=O)CCCN(c2ccc3c(c2)OCCO3)S(C)(=O)=O)C1. The van der Waals surface area contributed by atoms with Gasteiger partial charge in [0.25, 0.3) is 0 Å². The van der Waals surface area contributed by atoms with Crippen LogP contribution in [0, 0.1) is 5.92 Å². The number of benzene rings is 1. The highest BCUT2D eigenvalue weighted by molar-refractivity contribution is 7.92. The molecule has 0 aromatic heterocycles. The third-order valence-corrected chi connectivity index (χ3v) is 6.17. The van der Waals surface area contributed by atoms with Crippen molar-refractivity contribution in [3.63, 3.8) is 0 Å². The average molecular weight is 397 g/mol. The normalized spacial score (nSPS) is 19.6. The van der Waals surface area contributed by atoms with Crippen LogP contribution in [-0.4, -0.2) is 58.3 Å². The standard InChI is InChI=1S/C19H28N2O5S/c1-15-5-3-9-20(14-15)19(22)6-4-10-21(27(2,23)24)16-7-8-17-18(13-16)26-12-11-25-17/h7-8,13,15H,3-6,9-12,14H2,1-2H3/t15-/m0/s1. The number of amides is 1. The van der Waals surface area contributed by atoms with Crippen molar-refractivity contribution in [2.75, 3.05) is 43.4 Å². The van der Waals surface area contributed by atoms with Gasteiger partial charge in [-0.05, 0) is 37.3 Å². The van der Waals surface area contributed by atoms with E-state index in [1.54, 1.807) is 18.2 Å². The molecule has 1 amide bonds. The molecule has 27 heavy (non-hydrogen) atoms. The maximum absolute atomic E-state index is 12.4. The van der Waals surface area contributed by atoms with Gasteiger partial charge in [-0.1, -0.05) is 6.92 Å². The summed E-state index contributed by atoms with van der Waals surface area (Å²) in [6.07, 6.45) is 4.21. The monoisotopic (exact) mass is 396 g/mol. The van der Waals surface area contributed by atoms with E-state index in [1.165, 1.54) is 10.6 Å². The molecule has 2 aliphatic heterocycles. The van der Waals surface area contributed by atoms with Gasteiger partial charge in [-0.3, -0.25) is 9.10 Å². The van der Waals surface area contributed by atoms with Gasteiger partial charge in [-0.25, -0.2) is 8.42 Å². The van der Waals surface area contributed by atoms with Crippen molar-refractivity contribution in [3.05, 3.63) is 18.2 Å². The predicted octanol–water partition coefficient (Wildman–Crippen LogP) is 2.26. The Balaban J connectivity index is 1.63. The number of anilines is 1. The number of fused-ring (bicyclic) bond motifs is 1. The number of hydrogen-bond acceptors (Lipinski definition) is 5. The molecule has 1 saturated heterocycles. The summed E-state index contributed by atoms with van der Waals surface area (Å²) >= 11 is 0. The van der Waals surface area contributed by atoms with Crippen molar-refractivity contribution in [2.24, 2.45) is 5.92 Å². The Morgan fingerprint density at radius 1 is 1.26 bits per heavy atom. The molecule has 0 spiro atoms. The van der Waals surface area contributed by atoms with Crippen molar-refractivity contribution < 1.29 is 22.7 Å². The van der Waals surface area contributed by atoms with E-state index < -0.39 is 10.0 Å². The molecule has 7 nitrogen and oxygen atoms in total. The molecule has 0 N–H and O–H groups in total. The lowest BCUT2D eigenvalue weighted by Crippen LogP contribution is -2.39. The lowest BCUT2D eigenvalue weighted by Gasteiger charge is -2.31. The van der Waals surface area contributed by atoms with E-state index in [1.807, 2.05) is 4.90 Å². The summed E-state index contributed by atoms with van der Waals surface area (Å²) in [5.74, 6) is 1.81. The van der Waals surface area contributed by atoms with Gasteiger partial charge >= 0.3 is 0 Å². The topological polar surface area (TPSA) is 76.2 Å². The minimum Gasteiger partial charge on any atom is -0.486 e. The molecule has 0 saturated carbocycles. The Bertz CT molecular complexity index is 780. The quantitative estimate of drug-likeness (QED) is 0.737. The van der Waals surface area contributed by atoms with Crippen LogP contribution in [-0.2, 0) is 14.8 Å². The zero-order valence-electron chi connectivity index (χ0n) is 16.0. The molecule has 0 aliphatic carbocycles. The maximum Gasteiger partial charge on any atom is 0.232 e. The summed E-state index contributed by atoms with van der Waals surface area (Å²) in [4.78, 5) is 14.3. The summed E-state index contributed by atoms with van der Waals surface area (Å²) in [6.45, 7) is 4.95. The largest absolute Gasteiger partial charge is 0.486 e. The highest BCUT2D eigenvalue weighted by atomic mass is 32.2. The number of piperidine rings is 1. The van der Waals surface area contributed by atoms with Crippen molar-refractivity contribution in [2.45, 2.75) is 32.6 Å². The van der Waals surface area contributed by atoms with E-state index >= 15 is 0 Å². The van der Waals surface area contributed by atoms with E-state index in [0.717, 1.165) is 25.9 Å². The average Bonchev–Trinajstić information content (AvgIpc) is 2.63. The molecule has 1 aromatic carbocycles. The second kappa shape index (κ2) is 8.37. The fourth-order valence-electron chi connectivity index (χ4n) is 3.62. The van der Waals surface area contributed by atoms with Gasteiger partial charge in [-0.15, -0.1) is 0 Å². The zero-order valence-corrected chi connectivity index (χ0v) is 16.8. The van der Waals surface area contributed by atoms with E-state index in [4.69, 9.17) is 9.47 Å². The van der Waals surface area contributed by atoms with E-state index in [9.17, 15) is 13.2 Å².